The topological polar surface area (TPSA) is 108 Å². The van der Waals surface area contributed by atoms with Crippen LogP contribution in [-0.4, -0.2) is 34.8 Å². The summed E-state index contributed by atoms with van der Waals surface area (Å²) in [4.78, 5) is 34.0. The van der Waals surface area contributed by atoms with Gasteiger partial charge in [0.1, 0.15) is 15.5 Å². The van der Waals surface area contributed by atoms with Crippen LogP contribution in [0.4, 0.5) is 11.4 Å². The van der Waals surface area contributed by atoms with Crippen LogP contribution in [0.25, 0.3) is 0 Å². The number of halogens is 2. The summed E-state index contributed by atoms with van der Waals surface area (Å²) in [6, 6.07) is 3.73. The van der Waals surface area contributed by atoms with Gasteiger partial charge in [-0.3, -0.25) is 19.7 Å². The lowest BCUT2D eigenvalue weighted by atomic mass is 10.1. The molecule has 0 aliphatic heterocycles. The number of methoxy groups -OCH3 is 1. The van der Waals surface area contributed by atoms with Crippen LogP contribution in [0.3, 0.4) is 0 Å². The summed E-state index contributed by atoms with van der Waals surface area (Å²) >= 11 is 11.7. The summed E-state index contributed by atoms with van der Waals surface area (Å²) < 4.78 is 8.72. The van der Waals surface area contributed by atoms with Crippen molar-refractivity contribution in [1.82, 2.24) is 0 Å². The molecule has 8 nitrogen and oxygen atoms in total. The molecule has 1 atom stereocenters. The molecule has 1 aromatic rings. The van der Waals surface area contributed by atoms with E-state index in [0.29, 0.717) is 0 Å². The molecule has 0 bridgehead atoms. The number of nitrogens with one attached hydrogen (secondary N) is 1. The fourth-order valence-corrected chi connectivity index (χ4v) is 2.69. The van der Waals surface area contributed by atoms with Crippen molar-refractivity contribution in [3.05, 3.63) is 28.3 Å². The maximum atomic E-state index is 11.9. The number of nitrogens with zero attached hydrogens (tertiary/aromatic N) is 1. The van der Waals surface area contributed by atoms with Crippen molar-refractivity contribution < 1.29 is 24.0 Å². The van der Waals surface area contributed by atoms with Crippen molar-refractivity contribution in [2.24, 2.45) is 5.41 Å². The second-order valence-corrected chi connectivity index (χ2v) is 6.96. The zero-order valence-electron chi connectivity index (χ0n) is 12.8. The van der Waals surface area contributed by atoms with E-state index in [1.165, 1.54) is 26.2 Å². The van der Waals surface area contributed by atoms with Gasteiger partial charge in [0.15, 0.2) is 6.61 Å². The summed E-state index contributed by atoms with van der Waals surface area (Å²) in [6.07, 6.45) is 0.238. The Kier molecular flexibility index (Phi) is 4.91. The molecule has 1 aromatic carbocycles. The van der Waals surface area contributed by atoms with E-state index < -0.39 is 33.2 Å². The Morgan fingerprint density at radius 3 is 2.54 bits per heavy atom. The van der Waals surface area contributed by atoms with Crippen LogP contribution in [-0.2, 0) is 14.3 Å². The fraction of sp³-hybridized carbons (Fsp3) is 0.429. The number of nitro benzene ring substituents is 1. The number of esters is 1. The molecule has 1 saturated carbocycles. The normalized spacial score (nSPS) is 20.8. The first-order chi connectivity index (χ1) is 11.1. The van der Waals surface area contributed by atoms with E-state index in [1.807, 2.05) is 0 Å². The maximum Gasteiger partial charge on any atom is 0.315 e. The van der Waals surface area contributed by atoms with Gasteiger partial charge in [-0.05, 0) is 13.0 Å². The number of carbonyl (C=O) groups is 2. The standard InChI is InChI=1S/C14H14Cl2N2O6/c1-13(7-14(13,15)16)12(20)24-6-11(19)17-9-5-8(18(21)22)3-4-10(9)23-2/h3-5H,6-7H2,1-2H3,(H,17,19). The first-order valence-electron chi connectivity index (χ1n) is 6.78. The van der Waals surface area contributed by atoms with Crippen LogP contribution in [0.1, 0.15) is 13.3 Å². The molecule has 1 aliphatic rings. The van der Waals surface area contributed by atoms with Crippen LogP contribution in [0.2, 0.25) is 0 Å². The highest BCUT2D eigenvalue weighted by atomic mass is 35.5. The Morgan fingerprint density at radius 2 is 2.04 bits per heavy atom. The van der Waals surface area contributed by atoms with Gasteiger partial charge in [0, 0.05) is 18.6 Å². The predicted octanol–water partition coefficient (Wildman–Crippen LogP) is 2.67. The number of hydrogen-bond donors (Lipinski definition) is 1. The van der Waals surface area contributed by atoms with Crippen molar-refractivity contribution in [2.75, 3.05) is 19.0 Å². The lowest BCUT2D eigenvalue weighted by Gasteiger charge is -2.13. The smallest absolute Gasteiger partial charge is 0.315 e. The minimum absolute atomic E-state index is 0.0921. The molecular formula is C14H14Cl2N2O6. The Balaban J connectivity index is 1.99. The van der Waals surface area contributed by atoms with E-state index in [4.69, 9.17) is 32.7 Å². The second-order valence-electron chi connectivity index (χ2n) is 5.48. The number of carbonyl (C=O) groups excluding carboxylic acids is 2. The third kappa shape index (κ3) is 3.54. The number of benzene rings is 1. The van der Waals surface area contributed by atoms with Crippen molar-refractivity contribution >= 4 is 46.5 Å². The first-order valence-corrected chi connectivity index (χ1v) is 7.53. The van der Waals surface area contributed by atoms with E-state index in [1.54, 1.807) is 0 Å². The lowest BCUT2D eigenvalue weighted by Crippen LogP contribution is -2.27. The average molecular weight is 377 g/mol. The van der Waals surface area contributed by atoms with Gasteiger partial charge in [-0.15, -0.1) is 23.2 Å². The molecule has 0 saturated heterocycles. The molecule has 0 aromatic heterocycles. The summed E-state index contributed by atoms with van der Waals surface area (Å²) in [6.45, 7) is 0.959. The van der Waals surface area contributed by atoms with E-state index in [9.17, 15) is 19.7 Å². The van der Waals surface area contributed by atoms with Crippen LogP contribution in [0.15, 0.2) is 18.2 Å². The van der Waals surface area contributed by atoms with Gasteiger partial charge in [0.05, 0.1) is 17.7 Å². The monoisotopic (exact) mass is 376 g/mol. The molecule has 1 N–H and O–H groups in total. The zero-order valence-corrected chi connectivity index (χ0v) is 14.3. The van der Waals surface area contributed by atoms with Crippen molar-refractivity contribution in [1.29, 1.82) is 0 Å². The van der Waals surface area contributed by atoms with Crippen molar-refractivity contribution in [3.63, 3.8) is 0 Å². The third-order valence-electron chi connectivity index (χ3n) is 3.71. The molecule has 1 unspecified atom stereocenters. The molecule has 0 spiro atoms. The molecule has 130 valence electrons. The summed E-state index contributed by atoms with van der Waals surface area (Å²) in [5.74, 6) is -1.13. The van der Waals surface area contributed by atoms with Gasteiger partial charge in [-0.25, -0.2) is 0 Å². The number of non-ortho nitro benzene ring substituents is 1. The highest BCUT2D eigenvalue weighted by molar-refractivity contribution is 6.53. The molecule has 10 heteroatoms. The number of hydrogen-bond acceptors (Lipinski definition) is 6. The van der Waals surface area contributed by atoms with Crippen molar-refractivity contribution in [3.8, 4) is 5.75 Å². The number of nitro groups is 1. The van der Waals surface area contributed by atoms with Gasteiger partial charge >= 0.3 is 5.97 Å². The highest BCUT2D eigenvalue weighted by Gasteiger charge is 2.69. The second kappa shape index (κ2) is 6.45. The van der Waals surface area contributed by atoms with E-state index in [2.05, 4.69) is 5.32 Å². The van der Waals surface area contributed by atoms with Crippen LogP contribution in [0.5, 0.6) is 5.75 Å². The van der Waals surface area contributed by atoms with Crippen LogP contribution in [0, 0.1) is 15.5 Å². The summed E-state index contributed by atoms with van der Waals surface area (Å²) in [5, 5.41) is 13.2. The number of rotatable bonds is 6. The van der Waals surface area contributed by atoms with Gasteiger partial charge < -0.3 is 14.8 Å². The summed E-state index contributed by atoms with van der Waals surface area (Å²) in [7, 11) is 1.35. The van der Waals surface area contributed by atoms with E-state index in [-0.39, 0.29) is 23.5 Å². The summed E-state index contributed by atoms with van der Waals surface area (Å²) in [5.41, 5.74) is -1.17. The van der Waals surface area contributed by atoms with Gasteiger partial charge in [-0.1, -0.05) is 0 Å². The first kappa shape index (κ1) is 18.3. The quantitative estimate of drug-likeness (QED) is 0.353. The Morgan fingerprint density at radius 1 is 1.42 bits per heavy atom. The number of alkyl halides is 2. The highest BCUT2D eigenvalue weighted by Crippen LogP contribution is 2.64. The minimum atomic E-state index is -1.19. The van der Waals surface area contributed by atoms with Crippen LogP contribution >= 0.6 is 23.2 Å². The SMILES string of the molecule is COc1ccc([N+](=O)[O-])cc1NC(=O)COC(=O)C1(C)CC1(Cl)Cl. The third-order valence-corrected chi connectivity index (χ3v) is 4.81. The number of ether oxygens (including phenoxy) is 2. The predicted molar refractivity (Wildman–Crippen MR) is 86.4 cm³/mol. The van der Waals surface area contributed by atoms with E-state index in [0.717, 1.165) is 6.07 Å². The van der Waals surface area contributed by atoms with Crippen LogP contribution < -0.4 is 10.1 Å². The Hall–Kier alpha value is -2.06. The molecule has 0 radical (unpaired) electrons. The fourth-order valence-electron chi connectivity index (χ4n) is 2.01. The largest absolute Gasteiger partial charge is 0.495 e. The molecule has 2 rings (SSSR count). The van der Waals surface area contributed by atoms with Gasteiger partial charge in [0.2, 0.25) is 0 Å². The maximum absolute atomic E-state index is 11.9. The average Bonchev–Trinajstić information content (AvgIpc) is 3.04. The van der Waals surface area contributed by atoms with E-state index >= 15 is 0 Å². The molecule has 24 heavy (non-hydrogen) atoms. The molecule has 1 aliphatic carbocycles. The molecular weight excluding hydrogens is 363 g/mol. The number of amides is 1. The molecule has 1 amide bonds. The number of anilines is 1. The van der Waals surface area contributed by atoms with Crippen molar-refractivity contribution in [2.45, 2.75) is 17.7 Å². The lowest BCUT2D eigenvalue weighted by molar-refractivity contribution is -0.384. The molecule has 0 heterocycles. The Labute approximate surface area is 147 Å². The Bertz CT molecular complexity index is 709. The minimum Gasteiger partial charge on any atom is -0.495 e. The van der Waals surface area contributed by atoms with Gasteiger partial charge in [-0.2, -0.15) is 0 Å². The zero-order chi connectivity index (χ0) is 18.1. The molecule has 1 fully saturated rings. The van der Waals surface area contributed by atoms with Gasteiger partial charge in [0.25, 0.3) is 11.6 Å².